The van der Waals surface area contributed by atoms with E-state index in [4.69, 9.17) is 20.1 Å². The minimum Gasteiger partial charge on any atom is -0.481 e. The van der Waals surface area contributed by atoms with Crippen molar-refractivity contribution in [2.75, 3.05) is 6.54 Å². The second-order valence-electron chi connectivity index (χ2n) is 4.95. The zero-order valence-electron chi connectivity index (χ0n) is 13.0. The Morgan fingerprint density at radius 3 is 1.88 bits per heavy atom. The van der Waals surface area contributed by atoms with Crippen LogP contribution in [0.2, 0.25) is 0 Å². The molecule has 0 aliphatic rings. The molecular weight excluding hydrogens is 326 g/mol. The summed E-state index contributed by atoms with van der Waals surface area (Å²) in [6, 6.07) is 0. The summed E-state index contributed by atoms with van der Waals surface area (Å²) in [5.74, 6) is -4.76. The molecule has 1 unspecified atom stereocenters. The van der Waals surface area contributed by atoms with Crippen molar-refractivity contribution in [2.24, 2.45) is 0 Å². The van der Waals surface area contributed by atoms with Crippen molar-refractivity contribution in [3.63, 3.8) is 0 Å². The number of nitrogens with one attached hydrogen (secondary N) is 1. The van der Waals surface area contributed by atoms with E-state index in [0.29, 0.717) is 0 Å². The first kappa shape index (κ1) is 21.4. The van der Waals surface area contributed by atoms with Gasteiger partial charge in [0.15, 0.2) is 6.10 Å². The maximum absolute atomic E-state index is 11.9. The molecule has 136 valence electrons. The third kappa shape index (κ3) is 12.0. The van der Waals surface area contributed by atoms with E-state index in [2.05, 4.69) is 5.32 Å². The molecule has 0 rings (SSSR count). The van der Waals surface area contributed by atoms with Gasteiger partial charge in [-0.2, -0.15) is 0 Å². The molecule has 0 aromatic carbocycles. The molecule has 0 saturated heterocycles. The van der Waals surface area contributed by atoms with E-state index < -0.39 is 42.3 Å². The van der Waals surface area contributed by atoms with Crippen LogP contribution in [0.1, 0.15) is 44.9 Å². The van der Waals surface area contributed by atoms with E-state index in [1.165, 1.54) is 0 Å². The molecule has 0 aliphatic heterocycles. The Balaban J connectivity index is 4.40. The number of esters is 1. The van der Waals surface area contributed by atoms with Crippen LogP contribution in [0.4, 0.5) is 0 Å². The Kier molecular flexibility index (Phi) is 10.5. The largest absolute Gasteiger partial charge is 0.481 e. The van der Waals surface area contributed by atoms with E-state index in [1.54, 1.807) is 0 Å². The molecular formula is C14H21NO9. The van der Waals surface area contributed by atoms with Crippen molar-refractivity contribution in [3.8, 4) is 0 Å². The van der Waals surface area contributed by atoms with Gasteiger partial charge in [-0.05, 0) is 12.8 Å². The van der Waals surface area contributed by atoms with E-state index in [1.807, 2.05) is 0 Å². The van der Waals surface area contributed by atoms with Crippen molar-refractivity contribution in [2.45, 2.75) is 51.0 Å². The monoisotopic (exact) mass is 347 g/mol. The van der Waals surface area contributed by atoms with Gasteiger partial charge in [0, 0.05) is 38.6 Å². The molecule has 4 N–H and O–H groups in total. The van der Waals surface area contributed by atoms with Crippen LogP contribution in [-0.2, 0) is 28.7 Å². The molecule has 0 spiro atoms. The predicted molar refractivity (Wildman–Crippen MR) is 78.1 cm³/mol. The molecule has 0 bridgehead atoms. The van der Waals surface area contributed by atoms with Crippen molar-refractivity contribution >= 4 is 29.8 Å². The van der Waals surface area contributed by atoms with Crippen LogP contribution in [0, 0.1) is 0 Å². The number of aliphatic carboxylic acids is 3. The van der Waals surface area contributed by atoms with Crippen LogP contribution in [0.25, 0.3) is 0 Å². The Hall–Kier alpha value is -2.65. The normalized spacial score (nSPS) is 11.3. The first-order valence-corrected chi connectivity index (χ1v) is 7.35. The lowest BCUT2D eigenvalue weighted by Gasteiger charge is -2.17. The third-order valence-corrected chi connectivity index (χ3v) is 2.82. The van der Waals surface area contributed by atoms with Gasteiger partial charge in [0.1, 0.15) is 0 Å². The number of hydrogen-bond donors (Lipinski definition) is 4. The molecule has 0 saturated carbocycles. The highest BCUT2D eigenvalue weighted by atomic mass is 16.5. The highest BCUT2D eigenvalue weighted by Gasteiger charge is 2.23. The molecule has 24 heavy (non-hydrogen) atoms. The van der Waals surface area contributed by atoms with Gasteiger partial charge < -0.3 is 25.4 Å². The lowest BCUT2D eigenvalue weighted by atomic mass is 10.1. The van der Waals surface area contributed by atoms with Crippen LogP contribution in [0.5, 0.6) is 0 Å². The van der Waals surface area contributed by atoms with Crippen molar-refractivity contribution < 1.29 is 44.0 Å². The first-order chi connectivity index (χ1) is 11.2. The molecule has 0 aromatic rings. The van der Waals surface area contributed by atoms with Gasteiger partial charge in [0.25, 0.3) is 5.91 Å². The second-order valence-corrected chi connectivity index (χ2v) is 4.95. The van der Waals surface area contributed by atoms with Crippen LogP contribution in [-0.4, -0.2) is 57.8 Å². The molecule has 0 radical (unpaired) electrons. The maximum Gasteiger partial charge on any atom is 0.306 e. The van der Waals surface area contributed by atoms with Gasteiger partial charge in [-0.3, -0.25) is 24.0 Å². The topological polar surface area (TPSA) is 167 Å². The van der Waals surface area contributed by atoms with Gasteiger partial charge in [0.2, 0.25) is 0 Å². The minimum atomic E-state index is -1.32. The SMILES string of the molecule is O=C(O)CCCNC(=O)C(CCC(=O)O)OC(=O)CCCC(=O)O. The van der Waals surface area contributed by atoms with Crippen LogP contribution < -0.4 is 5.32 Å². The Morgan fingerprint density at radius 1 is 0.792 bits per heavy atom. The van der Waals surface area contributed by atoms with Gasteiger partial charge in [-0.15, -0.1) is 0 Å². The number of carboxylic acid groups (broad SMARTS) is 3. The van der Waals surface area contributed by atoms with Crippen molar-refractivity contribution in [1.82, 2.24) is 5.32 Å². The quantitative estimate of drug-likeness (QED) is 0.265. The summed E-state index contributed by atoms with van der Waals surface area (Å²) in [7, 11) is 0. The lowest BCUT2D eigenvalue weighted by Crippen LogP contribution is -2.38. The molecule has 0 heterocycles. The average Bonchev–Trinajstić information content (AvgIpc) is 2.46. The molecule has 1 atom stereocenters. The van der Waals surface area contributed by atoms with Crippen molar-refractivity contribution in [1.29, 1.82) is 0 Å². The number of hydrogen-bond acceptors (Lipinski definition) is 6. The summed E-state index contributed by atoms with van der Waals surface area (Å²) in [4.78, 5) is 54.8. The number of carbonyl (C=O) groups is 5. The molecule has 0 aromatic heterocycles. The zero-order chi connectivity index (χ0) is 18.5. The molecule has 10 nitrogen and oxygen atoms in total. The molecule has 0 aliphatic carbocycles. The summed E-state index contributed by atoms with van der Waals surface area (Å²) >= 11 is 0. The summed E-state index contributed by atoms with van der Waals surface area (Å²) in [5, 5.41) is 28.0. The second kappa shape index (κ2) is 11.9. The minimum absolute atomic E-state index is 0.0417. The van der Waals surface area contributed by atoms with Crippen LogP contribution >= 0.6 is 0 Å². The van der Waals surface area contributed by atoms with Gasteiger partial charge in [-0.25, -0.2) is 0 Å². The summed E-state index contributed by atoms with van der Waals surface area (Å²) in [6.07, 6.45) is -2.30. The lowest BCUT2D eigenvalue weighted by molar-refractivity contribution is -0.157. The van der Waals surface area contributed by atoms with Crippen LogP contribution in [0.15, 0.2) is 0 Å². The molecule has 0 fully saturated rings. The van der Waals surface area contributed by atoms with E-state index >= 15 is 0 Å². The number of rotatable bonds is 13. The van der Waals surface area contributed by atoms with Gasteiger partial charge >= 0.3 is 23.9 Å². The van der Waals surface area contributed by atoms with Crippen molar-refractivity contribution in [3.05, 3.63) is 0 Å². The summed E-state index contributed by atoms with van der Waals surface area (Å²) < 4.78 is 4.90. The van der Waals surface area contributed by atoms with Gasteiger partial charge in [0.05, 0.1) is 0 Å². The zero-order valence-corrected chi connectivity index (χ0v) is 13.0. The Bertz CT molecular complexity index is 475. The number of carboxylic acids is 3. The van der Waals surface area contributed by atoms with Gasteiger partial charge in [-0.1, -0.05) is 0 Å². The third-order valence-electron chi connectivity index (χ3n) is 2.82. The van der Waals surface area contributed by atoms with Crippen LogP contribution in [0.3, 0.4) is 0 Å². The standard InChI is InChI=1S/C14H21NO9/c16-10(17)3-1-5-13(22)24-9(6-7-12(20)21)14(23)15-8-2-4-11(18)19/h9H,1-8H2,(H,15,23)(H,16,17)(H,18,19)(H,20,21). The number of carbonyl (C=O) groups excluding carboxylic acids is 2. The Labute approximate surface area is 137 Å². The molecule has 10 heteroatoms. The number of ether oxygens (including phenoxy) is 1. The Morgan fingerprint density at radius 2 is 1.33 bits per heavy atom. The fourth-order valence-electron chi connectivity index (χ4n) is 1.66. The maximum atomic E-state index is 11.9. The highest BCUT2D eigenvalue weighted by Crippen LogP contribution is 2.07. The number of amides is 1. The predicted octanol–water partition coefficient (Wildman–Crippen LogP) is -0.00110. The first-order valence-electron chi connectivity index (χ1n) is 7.35. The van der Waals surface area contributed by atoms with E-state index in [9.17, 15) is 24.0 Å². The fourth-order valence-corrected chi connectivity index (χ4v) is 1.66. The summed E-state index contributed by atoms with van der Waals surface area (Å²) in [5.41, 5.74) is 0. The fraction of sp³-hybridized carbons (Fsp3) is 0.643. The van der Waals surface area contributed by atoms with E-state index in [0.717, 1.165) is 0 Å². The summed E-state index contributed by atoms with van der Waals surface area (Å²) in [6.45, 7) is 0.0469. The average molecular weight is 347 g/mol. The smallest absolute Gasteiger partial charge is 0.306 e. The molecule has 1 amide bonds. The highest BCUT2D eigenvalue weighted by molar-refractivity contribution is 5.84. The van der Waals surface area contributed by atoms with E-state index in [-0.39, 0.29) is 45.1 Å².